The first kappa shape index (κ1) is 15.3. The second kappa shape index (κ2) is 7.09. The second-order valence-corrected chi connectivity index (χ2v) is 5.41. The molecule has 0 aliphatic heterocycles. The quantitative estimate of drug-likeness (QED) is 0.636. The molecular formula is C18H18ClNO. The Kier molecular flexibility index (Phi) is 5.18. The van der Waals surface area contributed by atoms with Gasteiger partial charge in [0.1, 0.15) is 0 Å². The summed E-state index contributed by atoms with van der Waals surface area (Å²) in [7, 11) is 0. The highest BCUT2D eigenvalue weighted by atomic mass is 35.5. The lowest BCUT2D eigenvalue weighted by molar-refractivity contribution is 0.104. The number of nitrogens with one attached hydrogen (secondary N) is 1. The first-order valence-corrected chi connectivity index (χ1v) is 7.24. The Labute approximate surface area is 130 Å². The summed E-state index contributed by atoms with van der Waals surface area (Å²) in [5.41, 5.74) is 2.66. The number of benzene rings is 2. The third-order valence-electron chi connectivity index (χ3n) is 3.22. The van der Waals surface area contributed by atoms with E-state index in [1.807, 2.05) is 25.1 Å². The molecule has 0 aliphatic carbocycles. The summed E-state index contributed by atoms with van der Waals surface area (Å²) >= 11 is 5.82. The minimum absolute atomic E-state index is 0.0306. The zero-order chi connectivity index (χ0) is 15.2. The summed E-state index contributed by atoms with van der Waals surface area (Å²) in [5, 5.41) is 3.95. The summed E-state index contributed by atoms with van der Waals surface area (Å²) in [4.78, 5) is 12.1. The van der Waals surface area contributed by atoms with Crippen molar-refractivity contribution in [1.29, 1.82) is 0 Å². The number of allylic oxidation sites excluding steroid dienone is 2. The van der Waals surface area contributed by atoms with Gasteiger partial charge in [0.05, 0.1) is 0 Å². The maximum Gasteiger partial charge on any atom is 0.187 e. The number of hydrogen-bond donors (Lipinski definition) is 1. The number of ketones is 1. The molecule has 3 heteroatoms. The Hall–Kier alpha value is -2.06. The molecule has 2 nitrogen and oxygen atoms in total. The zero-order valence-electron chi connectivity index (χ0n) is 12.1. The topological polar surface area (TPSA) is 29.1 Å². The van der Waals surface area contributed by atoms with Gasteiger partial charge in [-0.1, -0.05) is 41.9 Å². The Morgan fingerprint density at radius 2 is 1.71 bits per heavy atom. The normalized spacial score (nSPS) is 12.8. The molecule has 0 fully saturated rings. The fourth-order valence-corrected chi connectivity index (χ4v) is 2.23. The average molecular weight is 300 g/mol. The van der Waals surface area contributed by atoms with E-state index in [0.29, 0.717) is 10.6 Å². The zero-order valence-corrected chi connectivity index (χ0v) is 12.9. The summed E-state index contributed by atoms with van der Waals surface area (Å²) in [5.74, 6) is -0.0306. The fourth-order valence-electron chi connectivity index (χ4n) is 2.10. The standard InChI is InChI=1S/C18H18ClNO/c1-13(20-14(2)15-6-4-3-5-7-15)12-18(21)16-8-10-17(19)11-9-16/h3-12,14,20H,1-2H3/b13-12+/t14-/m1/s1. The molecule has 0 heterocycles. The van der Waals surface area contributed by atoms with E-state index in [1.54, 1.807) is 30.3 Å². The van der Waals surface area contributed by atoms with Crippen molar-refractivity contribution >= 4 is 17.4 Å². The highest BCUT2D eigenvalue weighted by Crippen LogP contribution is 2.14. The highest BCUT2D eigenvalue weighted by Gasteiger charge is 2.06. The van der Waals surface area contributed by atoms with Crippen molar-refractivity contribution in [2.45, 2.75) is 19.9 Å². The molecule has 108 valence electrons. The number of hydrogen-bond acceptors (Lipinski definition) is 2. The Morgan fingerprint density at radius 1 is 1.10 bits per heavy atom. The fraction of sp³-hybridized carbons (Fsp3) is 0.167. The van der Waals surface area contributed by atoms with Crippen LogP contribution in [0, 0.1) is 0 Å². The third kappa shape index (κ3) is 4.47. The van der Waals surface area contributed by atoms with Crippen molar-refractivity contribution < 1.29 is 4.79 Å². The van der Waals surface area contributed by atoms with Gasteiger partial charge in [0, 0.05) is 28.4 Å². The molecule has 0 spiro atoms. The molecule has 2 aromatic rings. The minimum Gasteiger partial charge on any atom is -0.382 e. The number of carbonyl (C=O) groups is 1. The minimum atomic E-state index is -0.0306. The summed E-state index contributed by atoms with van der Waals surface area (Å²) in [6, 6.07) is 17.2. The Balaban J connectivity index is 2.04. The first-order valence-electron chi connectivity index (χ1n) is 6.86. The number of carbonyl (C=O) groups excluding carboxylic acids is 1. The van der Waals surface area contributed by atoms with Crippen LogP contribution in [0.1, 0.15) is 35.8 Å². The van der Waals surface area contributed by atoms with Gasteiger partial charge >= 0.3 is 0 Å². The maximum absolute atomic E-state index is 12.1. The van der Waals surface area contributed by atoms with Gasteiger partial charge in [0.25, 0.3) is 0 Å². The number of halogens is 1. The van der Waals surface area contributed by atoms with E-state index in [-0.39, 0.29) is 11.8 Å². The van der Waals surface area contributed by atoms with Gasteiger partial charge in [-0.15, -0.1) is 0 Å². The van der Waals surface area contributed by atoms with Crippen LogP contribution in [0.2, 0.25) is 5.02 Å². The molecule has 0 amide bonds. The van der Waals surface area contributed by atoms with Gasteiger partial charge < -0.3 is 5.32 Å². The van der Waals surface area contributed by atoms with Gasteiger partial charge in [-0.2, -0.15) is 0 Å². The van der Waals surface area contributed by atoms with Crippen molar-refractivity contribution in [3.8, 4) is 0 Å². The van der Waals surface area contributed by atoms with Crippen LogP contribution in [0.3, 0.4) is 0 Å². The van der Waals surface area contributed by atoms with E-state index in [0.717, 1.165) is 5.70 Å². The van der Waals surface area contributed by atoms with Crippen LogP contribution in [-0.2, 0) is 0 Å². The van der Waals surface area contributed by atoms with Gasteiger partial charge in [0.15, 0.2) is 5.78 Å². The van der Waals surface area contributed by atoms with E-state index in [4.69, 9.17) is 11.6 Å². The lowest BCUT2D eigenvalue weighted by Gasteiger charge is -2.15. The van der Waals surface area contributed by atoms with Crippen molar-refractivity contribution in [2.24, 2.45) is 0 Å². The van der Waals surface area contributed by atoms with Gasteiger partial charge in [0.2, 0.25) is 0 Å². The van der Waals surface area contributed by atoms with Gasteiger partial charge in [-0.3, -0.25) is 4.79 Å². The molecule has 0 unspecified atom stereocenters. The van der Waals surface area contributed by atoms with Crippen molar-refractivity contribution in [3.05, 3.63) is 82.5 Å². The summed E-state index contributed by atoms with van der Waals surface area (Å²) in [6.45, 7) is 3.96. The predicted octanol–water partition coefficient (Wildman–Crippen LogP) is 4.78. The van der Waals surface area contributed by atoms with Crippen molar-refractivity contribution in [2.75, 3.05) is 0 Å². The lowest BCUT2D eigenvalue weighted by Crippen LogP contribution is -2.17. The molecule has 0 radical (unpaired) electrons. The largest absolute Gasteiger partial charge is 0.382 e. The van der Waals surface area contributed by atoms with Crippen LogP contribution in [0.4, 0.5) is 0 Å². The molecule has 0 aliphatic rings. The van der Waals surface area contributed by atoms with E-state index in [9.17, 15) is 4.79 Å². The van der Waals surface area contributed by atoms with E-state index in [2.05, 4.69) is 24.4 Å². The molecule has 2 aromatic carbocycles. The highest BCUT2D eigenvalue weighted by molar-refractivity contribution is 6.30. The maximum atomic E-state index is 12.1. The molecule has 0 aromatic heterocycles. The van der Waals surface area contributed by atoms with Crippen LogP contribution in [0.5, 0.6) is 0 Å². The third-order valence-corrected chi connectivity index (χ3v) is 3.47. The van der Waals surface area contributed by atoms with E-state index in [1.165, 1.54) is 5.56 Å². The summed E-state index contributed by atoms with van der Waals surface area (Å²) < 4.78 is 0. The molecule has 1 N–H and O–H groups in total. The molecule has 1 atom stereocenters. The predicted molar refractivity (Wildman–Crippen MR) is 87.5 cm³/mol. The smallest absolute Gasteiger partial charge is 0.187 e. The van der Waals surface area contributed by atoms with Crippen LogP contribution in [-0.4, -0.2) is 5.78 Å². The van der Waals surface area contributed by atoms with E-state index < -0.39 is 0 Å². The average Bonchev–Trinajstić information content (AvgIpc) is 2.48. The Morgan fingerprint density at radius 3 is 2.33 bits per heavy atom. The SMILES string of the molecule is C/C(=C\C(=O)c1ccc(Cl)cc1)N[C@H](C)c1ccccc1. The van der Waals surface area contributed by atoms with Crippen molar-refractivity contribution in [3.63, 3.8) is 0 Å². The number of rotatable bonds is 5. The molecular weight excluding hydrogens is 282 g/mol. The van der Waals surface area contributed by atoms with Crippen LogP contribution in [0.25, 0.3) is 0 Å². The molecule has 0 bridgehead atoms. The monoisotopic (exact) mass is 299 g/mol. The summed E-state index contributed by atoms with van der Waals surface area (Å²) in [6.07, 6.45) is 1.61. The van der Waals surface area contributed by atoms with E-state index >= 15 is 0 Å². The van der Waals surface area contributed by atoms with Crippen LogP contribution < -0.4 is 5.32 Å². The van der Waals surface area contributed by atoms with Crippen LogP contribution >= 0.6 is 11.6 Å². The molecule has 21 heavy (non-hydrogen) atoms. The lowest BCUT2D eigenvalue weighted by atomic mass is 10.1. The second-order valence-electron chi connectivity index (χ2n) is 4.98. The molecule has 0 saturated carbocycles. The molecule has 2 rings (SSSR count). The van der Waals surface area contributed by atoms with Crippen LogP contribution in [0.15, 0.2) is 66.4 Å². The molecule has 0 saturated heterocycles. The first-order chi connectivity index (χ1) is 10.1. The van der Waals surface area contributed by atoms with Gasteiger partial charge in [-0.05, 0) is 43.7 Å². The van der Waals surface area contributed by atoms with Crippen molar-refractivity contribution in [1.82, 2.24) is 5.32 Å². The Bertz CT molecular complexity index is 632. The van der Waals surface area contributed by atoms with Gasteiger partial charge in [-0.25, -0.2) is 0 Å².